The topological polar surface area (TPSA) is 58.1 Å². The molecule has 0 aromatic carbocycles. The average molecular weight is 316 g/mol. The quantitative estimate of drug-likeness (QED) is 0.931. The fraction of sp³-hybridized carbons (Fsp3) is 0.722. The molecule has 2 fully saturated rings. The molecule has 0 bridgehead atoms. The first kappa shape index (κ1) is 16.2. The predicted octanol–water partition coefficient (Wildman–Crippen LogP) is 2.70. The molecule has 1 atom stereocenters. The summed E-state index contributed by atoms with van der Waals surface area (Å²) in [5, 5.41) is 3.08. The van der Waals surface area contributed by atoms with E-state index in [1.807, 2.05) is 33.2 Å². The highest BCUT2D eigenvalue weighted by Gasteiger charge is 2.43. The van der Waals surface area contributed by atoms with E-state index in [4.69, 9.17) is 0 Å². The molecule has 5 heteroatoms. The van der Waals surface area contributed by atoms with Gasteiger partial charge in [-0.25, -0.2) is 9.97 Å². The van der Waals surface area contributed by atoms with Crippen LogP contribution in [0.4, 0.5) is 5.95 Å². The molecule has 2 aliphatic rings. The Hall–Kier alpha value is -1.65. The van der Waals surface area contributed by atoms with E-state index < -0.39 is 0 Å². The van der Waals surface area contributed by atoms with Crippen LogP contribution in [0.25, 0.3) is 0 Å². The van der Waals surface area contributed by atoms with Crippen LogP contribution < -0.4 is 10.2 Å². The SMILES string of the molecule is Cc1cnc(N2CCC3(CC[C@H](C(=O)NC(C)C)C3)CC2)nc1. The highest BCUT2D eigenvalue weighted by atomic mass is 16.1. The summed E-state index contributed by atoms with van der Waals surface area (Å²) in [6.45, 7) is 8.07. The molecule has 0 unspecified atom stereocenters. The van der Waals surface area contributed by atoms with Crippen molar-refractivity contribution in [2.45, 2.75) is 58.9 Å². The lowest BCUT2D eigenvalue weighted by Gasteiger charge is -2.39. The summed E-state index contributed by atoms with van der Waals surface area (Å²) in [7, 11) is 0. The summed E-state index contributed by atoms with van der Waals surface area (Å²) >= 11 is 0. The third kappa shape index (κ3) is 3.65. The second-order valence-electron chi connectivity index (χ2n) is 7.65. The van der Waals surface area contributed by atoms with Crippen molar-refractivity contribution in [3.05, 3.63) is 18.0 Å². The number of piperidine rings is 1. The molecule has 5 nitrogen and oxygen atoms in total. The van der Waals surface area contributed by atoms with Gasteiger partial charge in [-0.2, -0.15) is 0 Å². The number of nitrogens with zero attached hydrogens (tertiary/aromatic N) is 3. The van der Waals surface area contributed by atoms with Gasteiger partial charge in [0.25, 0.3) is 0 Å². The summed E-state index contributed by atoms with van der Waals surface area (Å²) < 4.78 is 0. The molecule has 1 spiro atoms. The van der Waals surface area contributed by atoms with Crippen molar-refractivity contribution in [2.75, 3.05) is 18.0 Å². The fourth-order valence-corrected chi connectivity index (χ4v) is 4.02. The summed E-state index contributed by atoms with van der Waals surface area (Å²) in [4.78, 5) is 23.4. The number of carbonyl (C=O) groups is 1. The Morgan fingerprint density at radius 3 is 2.52 bits per heavy atom. The Kier molecular flexibility index (Phi) is 4.55. The van der Waals surface area contributed by atoms with Gasteiger partial charge in [0, 0.05) is 37.4 Å². The zero-order valence-corrected chi connectivity index (χ0v) is 14.5. The third-order valence-corrected chi connectivity index (χ3v) is 5.38. The molecular formula is C18H28N4O. The Morgan fingerprint density at radius 2 is 1.91 bits per heavy atom. The van der Waals surface area contributed by atoms with Crippen LogP contribution in [-0.2, 0) is 4.79 Å². The highest BCUT2D eigenvalue weighted by Crippen LogP contribution is 2.49. The summed E-state index contributed by atoms with van der Waals surface area (Å²) in [6.07, 6.45) is 9.34. The average Bonchev–Trinajstić information content (AvgIpc) is 2.93. The maximum Gasteiger partial charge on any atom is 0.225 e. The number of nitrogens with one attached hydrogen (secondary N) is 1. The molecule has 23 heavy (non-hydrogen) atoms. The number of anilines is 1. The Balaban J connectivity index is 1.56. The molecule has 1 aromatic rings. The lowest BCUT2D eigenvalue weighted by molar-refractivity contribution is -0.125. The van der Waals surface area contributed by atoms with Gasteiger partial charge in [-0.15, -0.1) is 0 Å². The van der Waals surface area contributed by atoms with Gasteiger partial charge in [-0.1, -0.05) is 0 Å². The predicted molar refractivity (Wildman–Crippen MR) is 91.3 cm³/mol. The van der Waals surface area contributed by atoms with Gasteiger partial charge < -0.3 is 10.2 Å². The largest absolute Gasteiger partial charge is 0.354 e. The molecular weight excluding hydrogens is 288 g/mol. The summed E-state index contributed by atoms with van der Waals surface area (Å²) in [5.74, 6) is 1.30. The Labute approximate surface area is 138 Å². The third-order valence-electron chi connectivity index (χ3n) is 5.38. The van der Waals surface area contributed by atoms with Crippen LogP contribution in [0.2, 0.25) is 0 Å². The Morgan fingerprint density at radius 1 is 1.26 bits per heavy atom. The number of amides is 1. The van der Waals surface area contributed by atoms with E-state index in [-0.39, 0.29) is 17.9 Å². The van der Waals surface area contributed by atoms with Crippen LogP contribution in [0.1, 0.15) is 51.5 Å². The monoisotopic (exact) mass is 316 g/mol. The minimum absolute atomic E-state index is 0.208. The summed E-state index contributed by atoms with van der Waals surface area (Å²) in [6, 6.07) is 0.236. The van der Waals surface area contributed by atoms with Crippen LogP contribution in [0.3, 0.4) is 0 Å². The number of carbonyl (C=O) groups excluding carboxylic acids is 1. The molecule has 0 radical (unpaired) electrons. The van der Waals surface area contributed by atoms with Gasteiger partial charge in [0.2, 0.25) is 11.9 Å². The van der Waals surface area contributed by atoms with Gasteiger partial charge in [-0.3, -0.25) is 4.79 Å². The van der Waals surface area contributed by atoms with E-state index in [0.717, 1.165) is 50.3 Å². The molecule has 1 aromatic heterocycles. The van der Waals surface area contributed by atoms with E-state index in [2.05, 4.69) is 20.2 Å². The lowest BCUT2D eigenvalue weighted by Crippen LogP contribution is -2.40. The fourth-order valence-electron chi connectivity index (χ4n) is 4.02. The zero-order chi connectivity index (χ0) is 16.4. The van der Waals surface area contributed by atoms with Crippen molar-refractivity contribution in [3.63, 3.8) is 0 Å². The van der Waals surface area contributed by atoms with Gasteiger partial charge in [0.05, 0.1) is 0 Å². The van der Waals surface area contributed by atoms with Gasteiger partial charge in [-0.05, 0) is 63.9 Å². The normalized spacial score (nSPS) is 23.5. The first-order chi connectivity index (χ1) is 11.0. The van der Waals surface area contributed by atoms with Crippen molar-refractivity contribution in [2.24, 2.45) is 11.3 Å². The standard InChI is InChI=1S/C18H28N4O/c1-13(2)21-16(23)15-4-5-18(10-15)6-8-22(9-7-18)17-19-11-14(3)12-20-17/h11-13,15H,4-10H2,1-3H3,(H,21,23)/t15-/m0/s1. The number of hydrogen-bond acceptors (Lipinski definition) is 4. The van der Waals surface area contributed by atoms with Crippen LogP contribution >= 0.6 is 0 Å². The van der Waals surface area contributed by atoms with Crippen molar-refractivity contribution in [3.8, 4) is 0 Å². The number of rotatable bonds is 3. The van der Waals surface area contributed by atoms with E-state index in [1.54, 1.807) is 0 Å². The first-order valence-electron chi connectivity index (χ1n) is 8.81. The van der Waals surface area contributed by atoms with Gasteiger partial charge in [0.15, 0.2) is 0 Å². The van der Waals surface area contributed by atoms with E-state index >= 15 is 0 Å². The second kappa shape index (κ2) is 6.46. The van der Waals surface area contributed by atoms with Gasteiger partial charge >= 0.3 is 0 Å². The smallest absolute Gasteiger partial charge is 0.225 e. The highest BCUT2D eigenvalue weighted by molar-refractivity contribution is 5.79. The number of hydrogen-bond donors (Lipinski definition) is 1. The molecule has 1 saturated heterocycles. The number of aromatic nitrogens is 2. The number of aryl methyl sites for hydroxylation is 1. The molecule has 126 valence electrons. The van der Waals surface area contributed by atoms with Crippen LogP contribution in [-0.4, -0.2) is 35.0 Å². The zero-order valence-electron chi connectivity index (χ0n) is 14.5. The molecule has 1 N–H and O–H groups in total. The molecule has 3 rings (SSSR count). The second-order valence-corrected chi connectivity index (χ2v) is 7.65. The first-order valence-corrected chi connectivity index (χ1v) is 8.81. The maximum atomic E-state index is 12.3. The van der Waals surface area contributed by atoms with Crippen molar-refractivity contribution >= 4 is 11.9 Å². The minimum atomic E-state index is 0.208. The maximum absolute atomic E-state index is 12.3. The Bertz CT molecular complexity index is 547. The van der Waals surface area contributed by atoms with Gasteiger partial charge in [0.1, 0.15) is 0 Å². The van der Waals surface area contributed by atoms with E-state index in [9.17, 15) is 4.79 Å². The molecule has 1 aliphatic carbocycles. The van der Waals surface area contributed by atoms with Crippen molar-refractivity contribution in [1.29, 1.82) is 0 Å². The molecule has 1 amide bonds. The van der Waals surface area contributed by atoms with Crippen LogP contribution in [0.15, 0.2) is 12.4 Å². The van der Waals surface area contributed by atoms with Crippen LogP contribution in [0.5, 0.6) is 0 Å². The molecule has 1 saturated carbocycles. The molecule has 1 aliphatic heterocycles. The van der Waals surface area contributed by atoms with E-state index in [0.29, 0.717) is 5.41 Å². The minimum Gasteiger partial charge on any atom is -0.354 e. The van der Waals surface area contributed by atoms with Crippen molar-refractivity contribution in [1.82, 2.24) is 15.3 Å². The van der Waals surface area contributed by atoms with Crippen LogP contribution in [0, 0.1) is 18.3 Å². The molecule has 2 heterocycles. The summed E-state index contributed by atoms with van der Waals surface area (Å²) in [5.41, 5.74) is 1.46. The van der Waals surface area contributed by atoms with E-state index in [1.165, 1.54) is 6.42 Å². The van der Waals surface area contributed by atoms with Crippen molar-refractivity contribution < 1.29 is 4.79 Å². The lowest BCUT2D eigenvalue weighted by atomic mass is 9.76.